The van der Waals surface area contributed by atoms with E-state index >= 15 is 0 Å². The first-order valence-corrected chi connectivity index (χ1v) is 8.28. The number of amides is 1. The van der Waals surface area contributed by atoms with Gasteiger partial charge < -0.3 is 5.11 Å². The van der Waals surface area contributed by atoms with Gasteiger partial charge in [0.1, 0.15) is 0 Å². The van der Waals surface area contributed by atoms with Crippen molar-refractivity contribution in [2.75, 3.05) is 0 Å². The molecule has 0 heterocycles. The van der Waals surface area contributed by atoms with Crippen LogP contribution in [0.25, 0.3) is 0 Å². The summed E-state index contributed by atoms with van der Waals surface area (Å²) >= 11 is 12.6. The van der Waals surface area contributed by atoms with E-state index < -0.39 is 12.1 Å². The minimum Gasteiger partial charge on any atom is -0.465 e. The molecule has 1 aromatic rings. The molecule has 1 atom stereocenters. The zero-order valence-corrected chi connectivity index (χ0v) is 14.9. The number of halogens is 2. The second kappa shape index (κ2) is 6.59. The highest BCUT2D eigenvalue weighted by Gasteiger charge is 2.44. The highest BCUT2D eigenvalue weighted by molar-refractivity contribution is 6.42. The van der Waals surface area contributed by atoms with Crippen molar-refractivity contribution in [2.24, 2.45) is 5.41 Å². The van der Waals surface area contributed by atoms with E-state index in [1.165, 1.54) is 4.90 Å². The Hall–Kier alpha value is -1.44. The number of hydrogen-bond donors (Lipinski definition) is 1. The predicted octanol–water partition coefficient (Wildman–Crippen LogP) is 5.29. The number of rotatable bonds is 4. The summed E-state index contributed by atoms with van der Waals surface area (Å²) in [6, 6.07) is 5.17. The summed E-state index contributed by atoms with van der Waals surface area (Å²) in [6.07, 6.45) is 0.979. The summed E-state index contributed by atoms with van der Waals surface area (Å²) in [4.78, 5) is 13.3. The van der Waals surface area contributed by atoms with Gasteiger partial charge in [-0.15, -0.1) is 0 Å². The van der Waals surface area contributed by atoms with Gasteiger partial charge >= 0.3 is 6.09 Å². The van der Waals surface area contributed by atoms with Crippen LogP contribution >= 0.6 is 23.2 Å². The molecule has 1 amide bonds. The Morgan fingerprint density at radius 1 is 1.43 bits per heavy atom. The first kappa shape index (κ1) is 17.9. The van der Waals surface area contributed by atoms with Crippen LogP contribution in [-0.2, 0) is 6.42 Å². The van der Waals surface area contributed by atoms with Gasteiger partial charge in [0, 0.05) is 6.04 Å². The topological polar surface area (TPSA) is 64.3 Å². The SMILES string of the molecule is CC(C)(C)C(c1cc(CC#N)cc(Cl)c1Cl)N(C(=O)O)C1CC1. The quantitative estimate of drug-likeness (QED) is 0.798. The van der Waals surface area contributed by atoms with Crippen molar-refractivity contribution in [1.29, 1.82) is 5.26 Å². The van der Waals surface area contributed by atoms with Crippen LogP contribution in [-0.4, -0.2) is 22.1 Å². The van der Waals surface area contributed by atoms with Crippen LogP contribution in [0.15, 0.2) is 12.1 Å². The molecule has 0 radical (unpaired) electrons. The maximum Gasteiger partial charge on any atom is 0.408 e. The van der Waals surface area contributed by atoms with Crippen molar-refractivity contribution in [1.82, 2.24) is 4.90 Å². The molecular weight excluding hydrogens is 335 g/mol. The number of hydrogen-bond acceptors (Lipinski definition) is 2. The molecule has 1 unspecified atom stereocenters. The number of benzene rings is 1. The van der Waals surface area contributed by atoms with Crippen molar-refractivity contribution < 1.29 is 9.90 Å². The monoisotopic (exact) mass is 354 g/mol. The van der Waals surface area contributed by atoms with Gasteiger partial charge in [0.25, 0.3) is 0 Å². The van der Waals surface area contributed by atoms with Gasteiger partial charge in [-0.1, -0.05) is 50.0 Å². The molecule has 1 aliphatic carbocycles. The molecule has 1 N–H and O–H groups in total. The van der Waals surface area contributed by atoms with E-state index in [-0.39, 0.29) is 17.9 Å². The lowest BCUT2D eigenvalue weighted by Crippen LogP contribution is -2.42. The zero-order valence-electron chi connectivity index (χ0n) is 13.4. The molecular formula is C17H20Cl2N2O2. The second-order valence-electron chi connectivity index (χ2n) is 7.01. The van der Waals surface area contributed by atoms with E-state index in [0.717, 1.165) is 18.4 Å². The van der Waals surface area contributed by atoms with Gasteiger partial charge in [-0.2, -0.15) is 5.26 Å². The lowest BCUT2D eigenvalue weighted by Gasteiger charge is -2.40. The average molecular weight is 355 g/mol. The van der Waals surface area contributed by atoms with Crippen molar-refractivity contribution in [3.05, 3.63) is 33.3 Å². The van der Waals surface area contributed by atoms with Gasteiger partial charge in [-0.25, -0.2) is 4.79 Å². The van der Waals surface area contributed by atoms with E-state index in [2.05, 4.69) is 6.07 Å². The van der Waals surface area contributed by atoms with Crippen molar-refractivity contribution in [3.63, 3.8) is 0 Å². The summed E-state index contributed by atoms with van der Waals surface area (Å²) in [5, 5.41) is 19.4. The van der Waals surface area contributed by atoms with Crippen molar-refractivity contribution in [3.8, 4) is 6.07 Å². The molecule has 0 aliphatic heterocycles. The van der Waals surface area contributed by atoms with Gasteiger partial charge in [-0.05, 0) is 35.4 Å². The second-order valence-corrected chi connectivity index (χ2v) is 7.79. The van der Waals surface area contributed by atoms with Crippen LogP contribution in [0.3, 0.4) is 0 Å². The highest BCUT2D eigenvalue weighted by atomic mass is 35.5. The van der Waals surface area contributed by atoms with E-state index in [0.29, 0.717) is 15.6 Å². The average Bonchev–Trinajstić information content (AvgIpc) is 3.23. The third-order valence-electron chi connectivity index (χ3n) is 3.95. The van der Waals surface area contributed by atoms with Crippen LogP contribution < -0.4 is 0 Å². The predicted molar refractivity (Wildman–Crippen MR) is 90.9 cm³/mol. The highest BCUT2D eigenvalue weighted by Crippen LogP contribution is 2.47. The maximum atomic E-state index is 11.8. The molecule has 1 fully saturated rings. The lowest BCUT2D eigenvalue weighted by atomic mass is 9.80. The Morgan fingerprint density at radius 3 is 2.48 bits per heavy atom. The summed E-state index contributed by atoms with van der Waals surface area (Å²) in [6.45, 7) is 5.95. The summed E-state index contributed by atoms with van der Waals surface area (Å²) < 4.78 is 0. The molecule has 0 bridgehead atoms. The molecule has 1 saturated carbocycles. The number of nitriles is 1. The van der Waals surface area contributed by atoms with Crippen molar-refractivity contribution in [2.45, 2.75) is 52.1 Å². The summed E-state index contributed by atoms with van der Waals surface area (Å²) in [5.41, 5.74) is 1.05. The molecule has 1 aliphatic rings. The molecule has 2 rings (SSSR count). The fraction of sp³-hybridized carbons (Fsp3) is 0.529. The Morgan fingerprint density at radius 2 is 2.04 bits per heavy atom. The van der Waals surface area contributed by atoms with Crippen LogP contribution in [0.1, 0.15) is 50.8 Å². The van der Waals surface area contributed by atoms with E-state index in [9.17, 15) is 9.90 Å². The molecule has 0 saturated heterocycles. The number of nitrogens with zero attached hydrogens (tertiary/aromatic N) is 2. The Labute approximate surface area is 146 Å². The van der Waals surface area contributed by atoms with Gasteiger partial charge in [0.2, 0.25) is 0 Å². The van der Waals surface area contributed by atoms with E-state index in [1.807, 2.05) is 26.8 Å². The molecule has 23 heavy (non-hydrogen) atoms. The van der Waals surface area contributed by atoms with Crippen molar-refractivity contribution >= 4 is 29.3 Å². The maximum absolute atomic E-state index is 11.8. The van der Waals surface area contributed by atoms with Crippen LogP contribution in [0.2, 0.25) is 10.0 Å². The smallest absolute Gasteiger partial charge is 0.408 e. The molecule has 0 aromatic heterocycles. The van der Waals surface area contributed by atoms with E-state index in [4.69, 9.17) is 28.5 Å². The van der Waals surface area contributed by atoms with Crippen LogP contribution in [0, 0.1) is 16.7 Å². The van der Waals surface area contributed by atoms with Crippen LogP contribution in [0.4, 0.5) is 4.79 Å². The fourth-order valence-electron chi connectivity index (χ4n) is 2.92. The Balaban J connectivity index is 2.60. The van der Waals surface area contributed by atoms with Gasteiger partial charge in [0.15, 0.2) is 0 Å². The summed E-state index contributed by atoms with van der Waals surface area (Å²) in [7, 11) is 0. The Bertz CT molecular complexity index is 658. The fourth-order valence-corrected chi connectivity index (χ4v) is 3.39. The third-order valence-corrected chi connectivity index (χ3v) is 4.77. The molecule has 124 valence electrons. The van der Waals surface area contributed by atoms with Gasteiger partial charge in [0.05, 0.1) is 28.6 Å². The molecule has 6 heteroatoms. The standard InChI is InChI=1S/C17H20Cl2N2O2/c1-17(2,3)15(21(16(22)23)11-4-5-11)12-8-10(6-7-20)9-13(18)14(12)19/h8-9,11,15H,4-6H2,1-3H3,(H,22,23). The third kappa shape index (κ3) is 3.91. The zero-order chi connectivity index (χ0) is 17.4. The van der Waals surface area contributed by atoms with E-state index in [1.54, 1.807) is 6.07 Å². The molecule has 4 nitrogen and oxygen atoms in total. The lowest BCUT2D eigenvalue weighted by molar-refractivity contribution is 0.0767. The largest absolute Gasteiger partial charge is 0.465 e. The Kier molecular flexibility index (Phi) is 5.13. The molecule has 1 aromatic carbocycles. The minimum atomic E-state index is -0.953. The number of carboxylic acid groups (broad SMARTS) is 1. The summed E-state index contributed by atoms with van der Waals surface area (Å²) in [5.74, 6) is 0. The molecule has 0 spiro atoms. The number of carbonyl (C=O) groups is 1. The van der Waals surface area contributed by atoms with Crippen LogP contribution in [0.5, 0.6) is 0 Å². The van der Waals surface area contributed by atoms with Gasteiger partial charge in [-0.3, -0.25) is 4.90 Å². The minimum absolute atomic E-state index is 0.0196. The first-order chi connectivity index (χ1) is 10.7. The first-order valence-electron chi connectivity index (χ1n) is 7.52. The normalized spacial score (nSPS) is 15.8.